The Labute approximate surface area is 108 Å². The molecule has 2 fully saturated rings. The van der Waals surface area contributed by atoms with Crippen LogP contribution in [-0.2, 0) is 11.2 Å². The van der Waals surface area contributed by atoms with Crippen molar-refractivity contribution in [3.63, 3.8) is 0 Å². The van der Waals surface area contributed by atoms with Crippen molar-refractivity contribution in [2.45, 2.75) is 63.2 Å². The van der Waals surface area contributed by atoms with Crippen molar-refractivity contribution in [2.75, 3.05) is 6.61 Å². The minimum Gasteiger partial charge on any atom is -0.387 e. The van der Waals surface area contributed by atoms with E-state index in [2.05, 4.69) is 16.0 Å². The summed E-state index contributed by atoms with van der Waals surface area (Å²) in [6, 6.07) is 2.62. The lowest BCUT2D eigenvalue weighted by Gasteiger charge is -2.24. The van der Waals surface area contributed by atoms with Gasteiger partial charge in [-0.15, -0.1) is 0 Å². The van der Waals surface area contributed by atoms with E-state index in [9.17, 15) is 5.11 Å². The third kappa shape index (κ3) is 2.19. The van der Waals surface area contributed by atoms with Crippen molar-refractivity contribution in [3.8, 4) is 0 Å². The number of hydrogen-bond acceptors (Lipinski definition) is 3. The maximum absolute atomic E-state index is 10.5. The third-order valence-corrected chi connectivity index (χ3v) is 4.51. The van der Waals surface area contributed by atoms with Crippen LogP contribution in [0.5, 0.6) is 0 Å². The fraction of sp³-hybridized carbons (Fsp3) is 0.786. The number of nitrogens with zero attached hydrogens (tertiary/aromatic N) is 2. The number of aliphatic hydroxyl groups is 1. The second-order valence-corrected chi connectivity index (χ2v) is 5.77. The largest absolute Gasteiger partial charge is 0.387 e. The first kappa shape index (κ1) is 12.2. The lowest BCUT2D eigenvalue weighted by Crippen LogP contribution is -2.38. The van der Waals surface area contributed by atoms with Gasteiger partial charge >= 0.3 is 0 Å². The van der Waals surface area contributed by atoms with Crippen LogP contribution in [0.1, 0.15) is 50.8 Å². The molecule has 1 saturated heterocycles. The van der Waals surface area contributed by atoms with Crippen molar-refractivity contribution in [3.05, 3.63) is 18.0 Å². The zero-order chi connectivity index (χ0) is 12.6. The van der Waals surface area contributed by atoms with Crippen LogP contribution in [0.2, 0.25) is 0 Å². The molecule has 2 aliphatic rings. The molecule has 0 amide bonds. The minimum atomic E-state index is -0.727. The molecule has 4 heteroatoms. The van der Waals surface area contributed by atoms with Crippen LogP contribution in [0.4, 0.5) is 0 Å². The fourth-order valence-corrected chi connectivity index (χ4v) is 3.16. The average molecular weight is 250 g/mol. The Hall–Kier alpha value is -0.870. The van der Waals surface area contributed by atoms with E-state index in [1.165, 1.54) is 25.7 Å². The standard InChI is InChI=1S/C14H22N2O2/c1-11-14(17,7-9-18-11)10-12-6-8-16(15-12)13-4-2-3-5-13/h6,8,11,13,17H,2-5,7,9-10H2,1H3. The third-order valence-electron chi connectivity index (χ3n) is 4.51. The Morgan fingerprint density at radius 3 is 2.94 bits per heavy atom. The average Bonchev–Trinajstić information content (AvgIpc) is 3.02. The summed E-state index contributed by atoms with van der Waals surface area (Å²) < 4.78 is 7.55. The van der Waals surface area contributed by atoms with E-state index in [4.69, 9.17) is 4.74 Å². The molecule has 0 bridgehead atoms. The molecule has 2 atom stereocenters. The summed E-state index contributed by atoms with van der Waals surface area (Å²) in [5.41, 5.74) is 0.260. The van der Waals surface area contributed by atoms with Crippen molar-refractivity contribution < 1.29 is 9.84 Å². The predicted molar refractivity (Wildman–Crippen MR) is 68.4 cm³/mol. The highest BCUT2D eigenvalue weighted by molar-refractivity contribution is 5.07. The molecule has 1 aliphatic carbocycles. The summed E-state index contributed by atoms with van der Waals surface area (Å²) in [5.74, 6) is 0. The molecule has 2 unspecified atom stereocenters. The van der Waals surface area contributed by atoms with E-state index in [-0.39, 0.29) is 6.10 Å². The molecular weight excluding hydrogens is 228 g/mol. The molecular formula is C14H22N2O2. The highest BCUT2D eigenvalue weighted by atomic mass is 16.5. The molecule has 2 heterocycles. The van der Waals surface area contributed by atoms with Crippen molar-refractivity contribution in [1.82, 2.24) is 9.78 Å². The van der Waals surface area contributed by atoms with Gasteiger partial charge in [-0.05, 0) is 25.8 Å². The summed E-state index contributed by atoms with van der Waals surface area (Å²) in [7, 11) is 0. The molecule has 4 nitrogen and oxygen atoms in total. The van der Waals surface area contributed by atoms with Crippen molar-refractivity contribution >= 4 is 0 Å². The second kappa shape index (κ2) is 4.67. The molecule has 1 saturated carbocycles. The predicted octanol–water partition coefficient (Wildman–Crippen LogP) is 2.08. The molecule has 3 rings (SSSR count). The zero-order valence-electron chi connectivity index (χ0n) is 11.0. The first-order valence-corrected chi connectivity index (χ1v) is 7.05. The van der Waals surface area contributed by atoms with E-state index in [1.807, 2.05) is 13.0 Å². The van der Waals surface area contributed by atoms with Gasteiger partial charge < -0.3 is 9.84 Å². The van der Waals surface area contributed by atoms with Gasteiger partial charge in [-0.3, -0.25) is 4.68 Å². The Bertz CT molecular complexity index is 412. The molecule has 1 N–H and O–H groups in total. The number of aromatic nitrogens is 2. The first-order valence-electron chi connectivity index (χ1n) is 7.05. The number of hydrogen-bond donors (Lipinski definition) is 1. The van der Waals surface area contributed by atoms with E-state index >= 15 is 0 Å². The monoisotopic (exact) mass is 250 g/mol. The minimum absolute atomic E-state index is 0.0888. The maximum atomic E-state index is 10.5. The summed E-state index contributed by atoms with van der Waals surface area (Å²) in [6.45, 7) is 2.60. The topological polar surface area (TPSA) is 47.3 Å². The molecule has 100 valence electrons. The molecule has 1 aliphatic heterocycles. The van der Waals surface area contributed by atoms with Crippen LogP contribution in [0.15, 0.2) is 12.3 Å². The van der Waals surface area contributed by atoms with Crippen molar-refractivity contribution in [1.29, 1.82) is 0 Å². The Morgan fingerprint density at radius 2 is 2.28 bits per heavy atom. The van der Waals surface area contributed by atoms with E-state index in [0.717, 1.165) is 5.69 Å². The van der Waals surface area contributed by atoms with Gasteiger partial charge in [0.25, 0.3) is 0 Å². The summed E-state index contributed by atoms with van der Waals surface area (Å²) >= 11 is 0. The Kier molecular flexibility index (Phi) is 3.16. The van der Waals surface area contributed by atoms with Gasteiger partial charge in [0.15, 0.2) is 0 Å². The van der Waals surface area contributed by atoms with Gasteiger partial charge in [0.1, 0.15) is 0 Å². The Morgan fingerprint density at radius 1 is 1.50 bits per heavy atom. The van der Waals surface area contributed by atoms with Gasteiger partial charge in [-0.25, -0.2) is 0 Å². The lowest BCUT2D eigenvalue weighted by molar-refractivity contribution is -0.0275. The molecule has 18 heavy (non-hydrogen) atoms. The van der Waals surface area contributed by atoms with Crippen LogP contribution in [0.3, 0.4) is 0 Å². The van der Waals surface area contributed by atoms with Crippen LogP contribution < -0.4 is 0 Å². The lowest BCUT2D eigenvalue weighted by atomic mass is 9.91. The van der Waals surface area contributed by atoms with Gasteiger partial charge in [-0.2, -0.15) is 5.10 Å². The van der Waals surface area contributed by atoms with E-state index in [1.54, 1.807) is 0 Å². The van der Waals surface area contributed by atoms with Crippen LogP contribution in [0.25, 0.3) is 0 Å². The molecule has 0 spiro atoms. The molecule has 1 aromatic rings. The quantitative estimate of drug-likeness (QED) is 0.893. The van der Waals surface area contributed by atoms with Crippen molar-refractivity contribution in [2.24, 2.45) is 0 Å². The zero-order valence-corrected chi connectivity index (χ0v) is 11.0. The van der Waals surface area contributed by atoms with Gasteiger partial charge in [-0.1, -0.05) is 12.8 Å². The van der Waals surface area contributed by atoms with Crippen LogP contribution in [-0.4, -0.2) is 33.2 Å². The summed E-state index contributed by atoms with van der Waals surface area (Å²) in [4.78, 5) is 0. The number of rotatable bonds is 3. The van der Waals surface area contributed by atoms with Crippen LogP contribution in [0, 0.1) is 0 Å². The summed E-state index contributed by atoms with van der Waals surface area (Å²) in [5, 5.41) is 15.2. The van der Waals surface area contributed by atoms with Gasteiger partial charge in [0.05, 0.1) is 23.4 Å². The fourth-order valence-electron chi connectivity index (χ4n) is 3.16. The van der Waals surface area contributed by atoms with E-state index < -0.39 is 5.60 Å². The normalized spacial score (nSPS) is 33.3. The molecule has 1 aromatic heterocycles. The second-order valence-electron chi connectivity index (χ2n) is 5.77. The molecule has 0 aromatic carbocycles. The van der Waals surface area contributed by atoms with Gasteiger partial charge in [0.2, 0.25) is 0 Å². The molecule has 0 radical (unpaired) electrons. The van der Waals surface area contributed by atoms with Crippen LogP contribution >= 0.6 is 0 Å². The highest BCUT2D eigenvalue weighted by Crippen LogP contribution is 2.31. The maximum Gasteiger partial charge on any atom is 0.0983 e. The summed E-state index contributed by atoms with van der Waals surface area (Å²) in [6.07, 6.45) is 8.40. The highest BCUT2D eigenvalue weighted by Gasteiger charge is 2.40. The first-order chi connectivity index (χ1) is 8.67. The number of ether oxygens (including phenoxy) is 1. The Balaban J connectivity index is 1.69. The van der Waals surface area contributed by atoms with Gasteiger partial charge in [0, 0.05) is 25.6 Å². The van der Waals surface area contributed by atoms with E-state index in [0.29, 0.717) is 25.5 Å². The smallest absolute Gasteiger partial charge is 0.0983 e. The SMILES string of the molecule is CC1OCCC1(O)Cc1ccn(C2CCCC2)n1.